The quantitative estimate of drug-likeness (QED) is 0.460. The van der Waals surface area contributed by atoms with Gasteiger partial charge < -0.3 is 9.84 Å². The van der Waals surface area contributed by atoms with E-state index in [0.29, 0.717) is 31.8 Å². The summed E-state index contributed by atoms with van der Waals surface area (Å²) in [6, 6.07) is 5.44. The highest BCUT2D eigenvalue weighted by Gasteiger charge is 2.46. The standard InChI is InChI=1S/C21H17N3O5S2/c1-10-18(31-11(2)23-10)16(25)14-15(12-4-6-13(7-5-12)20(28)29-3)24(19(27)17(14)26)21-22-8-9-30-21/h4-9,15,26H,1-3H3. The lowest BCUT2D eigenvalue weighted by Crippen LogP contribution is -2.31. The van der Waals surface area contributed by atoms with E-state index < -0.39 is 29.5 Å². The van der Waals surface area contributed by atoms with Crippen molar-refractivity contribution in [3.63, 3.8) is 0 Å². The molecule has 1 amide bonds. The van der Waals surface area contributed by atoms with Gasteiger partial charge in [-0.3, -0.25) is 14.5 Å². The summed E-state index contributed by atoms with van der Waals surface area (Å²) in [6.45, 7) is 3.50. The maximum Gasteiger partial charge on any atom is 0.337 e. The molecule has 4 rings (SSSR count). The maximum atomic E-state index is 13.4. The number of ketones is 1. The zero-order chi connectivity index (χ0) is 22.3. The number of esters is 1. The number of aliphatic hydroxyl groups is 1. The number of carbonyl (C=O) groups is 3. The number of aryl methyl sites for hydroxylation is 2. The van der Waals surface area contributed by atoms with E-state index in [-0.39, 0.29) is 5.57 Å². The summed E-state index contributed by atoms with van der Waals surface area (Å²) < 4.78 is 4.73. The van der Waals surface area contributed by atoms with Gasteiger partial charge in [0.15, 0.2) is 10.9 Å². The average Bonchev–Trinajstić information content (AvgIpc) is 3.46. The SMILES string of the molecule is COC(=O)c1ccc(C2C(C(=O)c3sc(C)nc3C)=C(O)C(=O)N2c2nccs2)cc1. The van der Waals surface area contributed by atoms with Crippen molar-refractivity contribution in [2.45, 2.75) is 19.9 Å². The van der Waals surface area contributed by atoms with Gasteiger partial charge in [0.25, 0.3) is 5.91 Å². The third kappa shape index (κ3) is 3.53. The molecule has 0 saturated carbocycles. The largest absolute Gasteiger partial charge is 0.503 e. The summed E-state index contributed by atoms with van der Waals surface area (Å²) in [6.07, 6.45) is 1.54. The van der Waals surface area contributed by atoms with Gasteiger partial charge in [-0.15, -0.1) is 22.7 Å². The first kappa shape index (κ1) is 20.9. The number of hydrogen-bond acceptors (Lipinski definition) is 9. The smallest absolute Gasteiger partial charge is 0.337 e. The summed E-state index contributed by atoms with van der Waals surface area (Å²) in [5, 5.41) is 13.5. The van der Waals surface area contributed by atoms with Crippen molar-refractivity contribution >= 4 is 45.5 Å². The van der Waals surface area contributed by atoms with Gasteiger partial charge in [0.05, 0.1) is 39.9 Å². The fourth-order valence-corrected chi connectivity index (χ4v) is 5.01. The van der Waals surface area contributed by atoms with E-state index in [2.05, 4.69) is 9.97 Å². The second kappa shape index (κ2) is 8.05. The number of carbonyl (C=O) groups excluding carboxylic acids is 3. The lowest BCUT2D eigenvalue weighted by Gasteiger charge is -2.24. The fourth-order valence-electron chi connectivity index (χ4n) is 3.47. The van der Waals surface area contributed by atoms with E-state index in [1.54, 1.807) is 43.5 Å². The summed E-state index contributed by atoms with van der Waals surface area (Å²) in [4.78, 5) is 48.4. The lowest BCUT2D eigenvalue weighted by atomic mass is 9.94. The molecule has 0 aliphatic carbocycles. The number of amides is 1. The van der Waals surface area contributed by atoms with Crippen LogP contribution in [0.3, 0.4) is 0 Å². The molecule has 3 aromatic rings. The molecule has 3 heterocycles. The summed E-state index contributed by atoms with van der Waals surface area (Å²) >= 11 is 2.42. The van der Waals surface area contributed by atoms with E-state index in [1.165, 1.54) is 40.9 Å². The molecule has 0 bridgehead atoms. The van der Waals surface area contributed by atoms with Gasteiger partial charge in [0.2, 0.25) is 5.78 Å². The van der Waals surface area contributed by atoms with Crippen LogP contribution in [0.1, 0.15) is 42.3 Å². The van der Waals surface area contributed by atoms with Gasteiger partial charge in [-0.25, -0.2) is 14.8 Å². The number of Topliss-reactive ketones (excluding diaryl/α,β-unsaturated/α-hetero) is 1. The van der Waals surface area contributed by atoms with Crippen molar-refractivity contribution in [1.82, 2.24) is 9.97 Å². The van der Waals surface area contributed by atoms with Crippen LogP contribution in [0.4, 0.5) is 5.13 Å². The molecule has 0 radical (unpaired) electrons. The highest BCUT2D eigenvalue weighted by Crippen LogP contribution is 2.43. The van der Waals surface area contributed by atoms with Crippen molar-refractivity contribution < 1.29 is 24.2 Å². The number of benzene rings is 1. The van der Waals surface area contributed by atoms with E-state index in [1.807, 2.05) is 0 Å². The minimum Gasteiger partial charge on any atom is -0.503 e. The predicted molar refractivity (Wildman–Crippen MR) is 116 cm³/mol. The Labute approximate surface area is 185 Å². The first-order valence-electron chi connectivity index (χ1n) is 9.16. The minimum atomic E-state index is -0.903. The van der Waals surface area contributed by atoms with Crippen LogP contribution < -0.4 is 4.90 Å². The molecular formula is C21H17N3O5S2. The Balaban J connectivity index is 1.85. The Morgan fingerprint density at radius 3 is 2.45 bits per heavy atom. The molecule has 1 aliphatic heterocycles. The zero-order valence-electron chi connectivity index (χ0n) is 16.8. The molecule has 8 nitrogen and oxygen atoms in total. The summed E-state index contributed by atoms with van der Waals surface area (Å²) in [5.74, 6) is -2.29. The second-order valence-electron chi connectivity index (χ2n) is 6.74. The average molecular weight is 456 g/mol. The predicted octanol–water partition coefficient (Wildman–Crippen LogP) is 3.79. The van der Waals surface area contributed by atoms with Gasteiger partial charge in [-0.2, -0.15) is 0 Å². The van der Waals surface area contributed by atoms with Gasteiger partial charge in [0.1, 0.15) is 0 Å². The first-order valence-corrected chi connectivity index (χ1v) is 10.9. The first-order chi connectivity index (χ1) is 14.8. The number of anilines is 1. The van der Waals surface area contributed by atoms with Crippen LogP contribution in [0.15, 0.2) is 47.2 Å². The van der Waals surface area contributed by atoms with E-state index in [4.69, 9.17) is 4.74 Å². The van der Waals surface area contributed by atoms with Gasteiger partial charge in [0, 0.05) is 11.6 Å². The van der Waals surface area contributed by atoms with E-state index in [0.717, 1.165) is 0 Å². The Kier molecular flexibility index (Phi) is 5.42. The number of aliphatic hydroxyl groups excluding tert-OH is 1. The van der Waals surface area contributed by atoms with Gasteiger partial charge >= 0.3 is 5.97 Å². The maximum absolute atomic E-state index is 13.4. The highest BCUT2D eigenvalue weighted by atomic mass is 32.1. The molecule has 1 aliphatic rings. The van der Waals surface area contributed by atoms with Crippen molar-refractivity contribution in [2.75, 3.05) is 12.0 Å². The zero-order valence-corrected chi connectivity index (χ0v) is 18.4. The van der Waals surface area contributed by atoms with Crippen LogP contribution in [-0.2, 0) is 9.53 Å². The molecule has 1 N–H and O–H groups in total. The minimum absolute atomic E-state index is 0.0437. The van der Waals surface area contributed by atoms with Crippen molar-refractivity contribution in [1.29, 1.82) is 0 Å². The van der Waals surface area contributed by atoms with Crippen LogP contribution >= 0.6 is 22.7 Å². The van der Waals surface area contributed by atoms with Crippen LogP contribution in [0, 0.1) is 13.8 Å². The van der Waals surface area contributed by atoms with Crippen LogP contribution in [0.2, 0.25) is 0 Å². The molecule has 31 heavy (non-hydrogen) atoms. The van der Waals surface area contributed by atoms with Gasteiger partial charge in [-0.1, -0.05) is 12.1 Å². The van der Waals surface area contributed by atoms with E-state index >= 15 is 0 Å². The molecule has 1 unspecified atom stereocenters. The molecule has 1 atom stereocenters. The Bertz CT molecular complexity index is 1210. The lowest BCUT2D eigenvalue weighted by molar-refractivity contribution is -0.117. The van der Waals surface area contributed by atoms with Crippen molar-refractivity contribution in [3.05, 3.63) is 73.9 Å². The number of ether oxygens (including phenoxy) is 1. The molecule has 0 saturated heterocycles. The van der Waals surface area contributed by atoms with Crippen LogP contribution in [0.25, 0.3) is 0 Å². The normalized spacial score (nSPS) is 16.2. The number of hydrogen-bond donors (Lipinski definition) is 1. The van der Waals surface area contributed by atoms with E-state index in [9.17, 15) is 19.5 Å². The third-order valence-electron chi connectivity index (χ3n) is 4.84. The van der Waals surface area contributed by atoms with Crippen LogP contribution in [-0.4, -0.2) is 39.8 Å². The number of thiazole rings is 2. The molecule has 10 heteroatoms. The summed E-state index contributed by atoms with van der Waals surface area (Å²) in [7, 11) is 1.28. The molecular weight excluding hydrogens is 438 g/mol. The molecule has 0 spiro atoms. The number of aromatic nitrogens is 2. The van der Waals surface area contributed by atoms with Crippen molar-refractivity contribution in [3.8, 4) is 0 Å². The Morgan fingerprint density at radius 1 is 1.19 bits per heavy atom. The topological polar surface area (TPSA) is 110 Å². The number of rotatable bonds is 5. The Hall–Kier alpha value is -3.37. The monoisotopic (exact) mass is 455 g/mol. The third-order valence-corrected chi connectivity index (χ3v) is 6.68. The fraction of sp³-hybridized carbons (Fsp3) is 0.190. The number of methoxy groups -OCH3 is 1. The number of nitrogens with zero attached hydrogens (tertiary/aromatic N) is 3. The molecule has 1 aromatic carbocycles. The molecule has 0 fully saturated rings. The molecule has 158 valence electrons. The highest BCUT2D eigenvalue weighted by molar-refractivity contribution is 7.14. The van der Waals surface area contributed by atoms with Gasteiger partial charge in [-0.05, 0) is 31.5 Å². The Morgan fingerprint density at radius 2 is 1.90 bits per heavy atom. The molecule has 2 aromatic heterocycles. The summed E-state index contributed by atoms with van der Waals surface area (Å²) in [5.41, 5.74) is 1.36. The van der Waals surface area contributed by atoms with Crippen LogP contribution in [0.5, 0.6) is 0 Å². The second-order valence-corrected chi connectivity index (χ2v) is 8.82. The van der Waals surface area contributed by atoms with Crippen molar-refractivity contribution in [2.24, 2.45) is 0 Å².